The second kappa shape index (κ2) is 3.76. The molecule has 0 bridgehead atoms. The van der Waals surface area contributed by atoms with E-state index < -0.39 is 21.7 Å². The molecule has 1 saturated heterocycles. The first-order valence-corrected chi connectivity index (χ1v) is 6.66. The maximum absolute atomic E-state index is 13.6. The lowest BCUT2D eigenvalue weighted by Crippen LogP contribution is -2.38. The fourth-order valence-electron chi connectivity index (χ4n) is 1.58. The molecule has 1 aliphatic rings. The van der Waals surface area contributed by atoms with Crippen LogP contribution >= 0.6 is 15.9 Å². The zero-order valence-corrected chi connectivity index (χ0v) is 10.7. The SMILES string of the molecule is C[C@@]1(c2cc(Br)ccc2F)COS(=O)(=O)N1. The molecule has 4 nitrogen and oxygen atoms in total. The van der Waals surface area contributed by atoms with Crippen LogP contribution in [0.25, 0.3) is 0 Å². The molecule has 0 unspecified atom stereocenters. The molecule has 0 saturated carbocycles. The summed E-state index contributed by atoms with van der Waals surface area (Å²) in [5.74, 6) is -0.473. The van der Waals surface area contributed by atoms with Gasteiger partial charge >= 0.3 is 10.3 Å². The van der Waals surface area contributed by atoms with Crippen LogP contribution in [0.15, 0.2) is 22.7 Å². The van der Waals surface area contributed by atoms with Crippen LogP contribution in [-0.2, 0) is 20.0 Å². The molecule has 88 valence electrons. The monoisotopic (exact) mass is 309 g/mol. The van der Waals surface area contributed by atoms with Crippen molar-refractivity contribution in [3.05, 3.63) is 34.1 Å². The molecule has 1 heterocycles. The summed E-state index contributed by atoms with van der Waals surface area (Å²) < 4.78 is 43.4. The van der Waals surface area contributed by atoms with Crippen LogP contribution in [0.4, 0.5) is 4.39 Å². The lowest BCUT2D eigenvalue weighted by Gasteiger charge is -2.21. The van der Waals surface area contributed by atoms with Gasteiger partial charge in [0.05, 0.1) is 12.1 Å². The van der Waals surface area contributed by atoms with Gasteiger partial charge in [-0.2, -0.15) is 13.1 Å². The Bertz CT molecular complexity index is 534. The average molecular weight is 310 g/mol. The molecule has 0 aliphatic carbocycles. The zero-order chi connectivity index (χ0) is 12.0. The minimum atomic E-state index is -3.76. The molecule has 0 spiro atoms. The van der Waals surface area contributed by atoms with Crippen LogP contribution < -0.4 is 4.72 Å². The van der Waals surface area contributed by atoms with Gasteiger partial charge in [0, 0.05) is 10.0 Å². The van der Waals surface area contributed by atoms with Crippen molar-refractivity contribution < 1.29 is 17.0 Å². The highest BCUT2D eigenvalue weighted by Gasteiger charge is 2.41. The van der Waals surface area contributed by atoms with Crippen LogP contribution in [0, 0.1) is 5.82 Å². The molecule has 2 rings (SSSR count). The first-order valence-electron chi connectivity index (χ1n) is 4.46. The zero-order valence-electron chi connectivity index (χ0n) is 8.33. The highest BCUT2D eigenvalue weighted by molar-refractivity contribution is 9.10. The quantitative estimate of drug-likeness (QED) is 0.858. The lowest BCUT2D eigenvalue weighted by atomic mass is 9.94. The number of rotatable bonds is 1. The van der Waals surface area contributed by atoms with E-state index in [4.69, 9.17) is 0 Å². The van der Waals surface area contributed by atoms with Crippen LogP contribution in [0.5, 0.6) is 0 Å². The summed E-state index contributed by atoms with van der Waals surface area (Å²) in [5, 5.41) is 0. The molecule has 1 N–H and O–H groups in total. The Labute approximate surface area is 101 Å². The minimum absolute atomic E-state index is 0.122. The predicted octanol–water partition coefficient (Wildman–Crippen LogP) is 1.67. The smallest absolute Gasteiger partial charge is 0.256 e. The normalized spacial score (nSPS) is 28.2. The predicted molar refractivity (Wildman–Crippen MR) is 59.5 cm³/mol. The summed E-state index contributed by atoms with van der Waals surface area (Å²) in [6.07, 6.45) is 0. The molecule has 0 aromatic heterocycles. The Morgan fingerprint density at radius 3 is 2.81 bits per heavy atom. The van der Waals surface area contributed by atoms with Crippen molar-refractivity contribution in [1.82, 2.24) is 4.72 Å². The Morgan fingerprint density at radius 2 is 2.25 bits per heavy atom. The van der Waals surface area contributed by atoms with E-state index in [2.05, 4.69) is 24.8 Å². The van der Waals surface area contributed by atoms with Gasteiger partial charge in [-0.25, -0.2) is 4.39 Å². The third kappa shape index (κ3) is 2.13. The Hall–Kier alpha value is -0.500. The molecule has 1 fully saturated rings. The standard InChI is InChI=1S/C9H9BrFNO3S/c1-9(5-15-16(13,14)12-9)7-4-6(10)2-3-8(7)11/h2-4,12H,5H2,1H3/t9-/m0/s1. The van der Waals surface area contributed by atoms with Gasteiger partial charge in [-0.15, -0.1) is 0 Å². The lowest BCUT2D eigenvalue weighted by molar-refractivity contribution is 0.281. The van der Waals surface area contributed by atoms with E-state index in [1.807, 2.05) is 0 Å². The summed E-state index contributed by atoms with van der Waals surface area (Å²) in [6, 6.07) is 4.36. The summed E-state index contributed by atoms with van der Waals surface area (Å²) in [6.45, 7) is 1.45. The molecule has 1 aromatic rings. The third-order valence-corrected chi connectivity index (χ3v) is 4.00. The van der Waals surface area contributed by atoms with Crippen molar-refractivity contribution in [2.45, 2.75) is 12.5 Å². The summed E-state index contributed by atoms with van der Waals surface area (Å²) in [5.41, 5.74) is -0.810. The topological polar surface area (TPSA) is 55.4 Å². The van der Waals surface area contributed by atoms with E-state index in [1.165, 1.54) is 12.1 Å². The fraction of sp³-hybridized carbons (Fsp3) is 0.333. The molecule has 0 radical (unpaired) electrons. The Balaban J connectivity index is 2.49. The van der Waals surface area contributed by atoms with Gasteiger partial charge < -0.3 is 0 Å². The van der Waals surface area contributed by atoms with E-state index in [-0.39, 0.29) is 12.2 Å². The van der Waals surface area contributed by atoms with E-state index in [0.717, 1.165) is 0 Å². The van der Waals surface area contributed by atoms with Crippen molar-refractivity contribution in [3.63, 3.8) is 0 Å². The van der Waals surface area contributed by atoms with Gasteiger partial charge in [0.1, 0.15) is 5.82 Å². The third-order valence-electron chi connectivity index (χ3n) is 2.38. The highest BCUT2D eigenvalue weighted by Crippen LogP contribution is 2.31. The van der Waals surface area contributed by atoms with Gasteiger partial charge in [0.25, 0.3) is 0 Å². The first-order chi connectivity index (χ1) is 7.32. The Morgan fingerprint density at radius 1 is 1.56 bits per heavy atom. The maximum Gasteiger partial charge on any atom is 0.336 e. The number of benzene rings is 1. The molecule has 1 atom stereocenters. The van der Waals surface area contributed by atoms with E-state index in [1.54, 1.807) is 13.0 Å². The van der Waals surface area contributed by atoms with Gasteiger partial charge in [0.15, 0.2) is 0 Å². The summed E-state index contributed by atoms with van der Waals surface area (Å²) in [7, 11) is -3.76. The second-order valence-electron chi connectivity index (χ2n) is 3.77. The van der Waals surface area contributed by atoms with Crippen molar-refractivity contribution in [2.24, 2.45) is 0 Å². The van der Waals surface area contributed by atoms with Crippen LogP contribution in [-0.4, -0.2) is 15.0 Å². The number of halogens is 2. The van der Waals surface area contributed by atoms with Gasteiger partial charge in [-0.3, -0.25) is 4.18 Å². The van der Waals surface area contributed by atoms with Crippen LogP contribution in [0.3, 0.4) is 0 Å². The van der Waals surface area contributed by atoms with Gasteiger partial charge in [-0.05, 0) is 25.1 Å². The molecule has 7 heteroatoms. The molecule has 0 amide bonds. The van der Waals surface area contributed by atoms with Crippen LogP contribution in [0.1, 0.15) is 12.5 Å². The van der Waals surface area contributed by atoms with E-state index in [9.17, 15) is 12.8 Å². The van der Waals surface area contributed by atoms with Crippen molar-refractivity contribution >= 4 is 26.2 Å². The van der Waals surface area contributed by atoms with Crippen LogP contribution in [0.2, 0.25) is 0 Å². The molecule has 1 aliphatic heterocycles. The summed E-state index contributed by atoms with van der Waals surface area (Å²) >= 11 is 3.21. The average Bonchev–Trinajstić information content (AvgIpc) is 2.46. The largest absolute Gasteiger partial charge is 0.336 e. The second-order valence-corrected chi connectivity index (χ2v) is 6.04. The van der Waals surface area contributed by atoms with E-state index >= 15 is 0 Å². The number of hydrogen-bond acceptors (Lipinski definition) is 3. The molecule has 16 heavy (non-hydrogen) atoms. The van der Waals surface area contributed by atoms with Gasteiger partial charge in [0.2, 0.25) is 0 Å². The maximum atomic E-state index is 13.6. The van der Waals surface area contributed by atoms with Gasteiger partial charge in [-0.1, -0.05) is 15.9 Å². The first kappa shape index (κ1) is 12.0. The van der Waals surface area contributed by atoms with E-state index in [0.29, 0.717) is 4.47 Å². The highest BCUT2D eigenvalue weighted by atomic mass is 79.9. The molecular formula is C9H9BrFNO3S. The van der Waals surface area contributed by atoms with Crippen molar-refractivity contribution in [1.29, 1.82) is 0 Å². The molecule has 1 aromatic carbocycles. The fourth-order valence-corrected chi connectivity index (χ4v) is 3.11. The molecular weight excluding hydrogens is 301 g/mol. The summed E-state index contributed by atoms with van der Waals surface area (Å²) in [4.78, 5) is 0. The van der Waals surface area contributed by atoms with Crippen molar-refractivity contribution in [3.8, 4) is 0 Å². The number of nitrogens with one attached hydrogen (secondary N) is 1. The number of hydrogen-bond donors (Lipinski definition) is 1. The minimum Gasteiger partial charge on any atom is -0.256 e. The van der Waals surface area contributed by atoms with Crippen molar-refractivity contribution in [2.75, 3.05) is 6.61 Å². The Kier molecular flexibility index (Phi) is 2.82.